The lowest BCUT2D eigenvalue weighted by Crippen LogP contribution is -2.50. The molecule has 0 aromatic rings. The third-order valence-corrected chi connectivity index (χ3v) is 6.66. The third-order valence-electron chi connectivity index (χ3n) is 6.66. The minimum absolute atomic E-state index is 0.0325. The fourth-order valence-corrected chi connectivity index (χ4v) is 5.10. The molecular weight excluding hydrogens is 516 g/mol. The SMILES string of the molecule is CC(C)(C)OC(=O)CC[C@H](CC(=O)[C@@H]1CC[C@H]2CCCCN(C(=O)OC(C)(C)C)CC(=O)N21)C(=O)OC(C)(C)C. The molecular formula is C30H50N2O8. The number of hydrogen-bond acceptors (Lipinski definition) is 8. The van der Waals surface area contributed by atoms with Crippen LogP contribution >= 0.6 is 0 Å². The molecule has 10 nitrogen and oxygen atoms in total. The zero-order chi connectivity index (χ0) is 30.5. The Morgan fingerprint density at radius 2 is 1.43 bits per heavy atom. The first-order valence-corrected chi connectivity index (χ1v) is 14.5. The Morgan fingerprint density at radius 1 is 0.825 bits per heavy atom. The van der Waals surface area contributed by atoms with Gasteiger partial charge in [-0.3, -0.25) is 24.1 Å². The van der Waals surface area contributed by atoms with Gasteiger partial charge >= 0.3 is 18.0 Å². The van der Waals surface area contributed by atoms with Gasteiger partial charge in [0.2, 0.25) is 5.91 Å². The van der Waals surface area contributed by atoms with Crippen LogP contribution in [-0.2, 0) is 33.4 Å². The van der Waals surface area contributed by atoms with Crippen LogP contribution in [0.2, 0.25) is 0 Å². The summed E-state index contributed by atoms with van der Waals surface area (Å²) in [5.74, 6) is -2.38. The van der Waals surface area contributed by atoms with Crippen LogP contribution in [-0.4, -0.2) is 81.5 Å². The van der Waals surface area contributed by atoms with Gasteiger partial charge in [0.1, 0.15) is 23.3 Å². The minimum atomic E-state index is -0.843. The van der Waals surface area contributed by atoms with Gasteiger partial charge in [0.25, 0.3) is 0 Å². The van der Waals surface area contributed by atoms with Crippen LogP contribution in [0.3, 0.4) is 0 Å². The van der Waals surface area contributed by atoms with Gasteiger partial charge in [-0.1, -0.05) is 0 Å². The van der Waals surface area contributed by atoms with Gasteiger partial charge in [0, 0.05) is 25.4 Å². The Labute approximate surface area is 239 Å². The lowest BCUT2D eigenvalue weighted by Gasteiger charge is -2.32. The van der Waals surface area contributed by atoms with Crippen LogP contribution in [0.5, 0.6) is 0 Å². The molecule has 2 aliphatic rings. The highest BCUT2D eigenvalue weighted by molar-refractivity contribution is 5.93. The number of carbonyl (C=O) groups is 5. The molecule has 2 amide bonds. The number of hydrogen-bond donors (Lipinski definition) is 0. The summed E-state index contributed by atoms with van der Waals surface area (Å²) in [6.07, 6.45) is 2.85. The van der Waals surface area contributed by atoms with Crippen molar-refractivity contribution in [3.8, 4) is 0 Å². The fourth-order valence-electron chi connectivity index (χ4n) is 5.10. The summed E-state index contributed by atoms with van der Waals surface area (Å²) in [5, 5.41) is 0. The summed E-state index contributed by atoms with van der Waals surface area (Å²) in [6.45, 7) is 16.1. The number of amides is 2. The molecule has 0 aromatic carbocycles. The summed E-state index contributed by atoms with van der Waals surface area (Å²) >= 11 is 0. The summed E-state index contributed by atoms with van der Waals surface area (Å²) in [4.78, 5) is 68.4. The first kappa shape index (κ1) is 33.6. The standard InChI is InChI=1S/C30H50N2O8/c1-28(2,3)38-25(35)16-13-20(26(36)39-29(4,5)6)18-23(33)22-15-14-21-12-10-11-17-31(19-24(34)32(21)22)27(37)40-30(7,8)9/h20-22H,10-19H2,1-9H3/t20-,21-,22+/m1/s1. The Kier molecular flexibility index (Phi) is 11.2. The maximum atomic E-state index is 13.7. The van der Waals surface area contributed by atoms with Crippen molar-refractivity contribution in [2.24, 2.45) is 5.92 Å². The molecule has 2 heterocycles. The van der Waals surface area contributed by atoms with E-state index in [0.29, 0.717) is 19.4 Å². The molecule has 0 aliphatic carbocycles. The van der Waals surface area contributed by atoms with E-state index >= 15 is 0 Å². The Bertz CT molecular complexity index is 941. The van der Waals surface area contributed by atoms with Crippen molar-refractivity contribution < 1.29 is 38.2 Å². The van der Waals surface area contributed by atoms with Gasteiger partial charge < -0.3 is 19.1 Å². The van der Waals surface area contributed by atoms with Gasteiger partial charge in [-0.15, -0.1) is 0 Å². The largest absolute Gasteiger partial charge is 0.460 e. The number of nitrogens with zero attached hydrogens (tertiary/aromatic N) is 2. The van der Waals surface area contributed by atoms with Crippen molar-refractivity contribution in [3.63, 3.8) is 0 Å². The molecule has 228 valence electrons. The average Bonchev–Trinajstić information content (AvgIpc) is 3.20. The second-order valence-corrected chi connectivity index (χ2v) is 14.0. The van der Waals surface area contributed by atoms with Crippen LogP contribution in [0.4, 0.5) is 4.79 Å². The highest BCUT2D eigenvalue weighted by atomic mass is 16.6. The number of esters is 2. The quantitative estimate of drug-likeness (QED) is 0.318. The summed E-state index contributed by atoms with van der Waals surface area (Å²) in [5.41, 5.74) is -2.11. The number of ketones is 1. The van der Waals surface area contributed by atoms with Gasteiger partial charge in [0.05, 0.1) is 12.0 Å². The Balaban J connectivity index is 2.19. The fraction of sp³-hybridized carbons (Fsp3) is 0.833. The molecule has 2 saturated heterocycles. The second kappa shape index (κ2) is 13.3. The number of ether oxygens (including phenoxy) is 3. The smallest absolute Gasteiger partial charge is 0.410 e. The van der Waals surface area contributed by atoms with Crippen molar-refractivity contribution in [2.45, 2.75) is 143 Å². The van der Waals surface area contributed by atoms with E-state index < -0.39 is 46.8 Å². The van der Waals surface area contributed by atoms with Crippen LogP contribution in [0.15, 0.2) is 0 Å². The molecule has 0 spiro atoms. The Hall–Kier alpha value is -2.65. The van der Waals surface area contributed by atoms with Crippen LogP contribution in [0, 0.1) is 5.92 Å². The minimum Gasteiger partial charge on any atom is -0.460 e. The zero-order valence-electron chi connectivity index (χ0n) is 26.0. The summed E-state index contributed by atoms with van der Waals surface area (Å²) < 4.78 is 16.5. The van der Waals surface area contributed by atoms with E-state index in [1.807, 2.05) is 0 Å². The second-order valence-electron chi connectivity index (χ2n) is 14.0. The number of fused-ring (bicyclic) bond motifs is 1. The lowest BCUT2D eigenvalue weighted by atomic mass is 9.93. The van der Waals surface area contributed by atoms with E-state index in [1.165, 1.54) is 4.90 Å². The molecule has 2 fully saturated rings. The molecule has 0 unspecified atom stereocenters. The van der Waals surface area contributed by atoms with Crippen LogP contribution < -0.4 is 0 Å². The normalized spacial score (nSPS) is 21.5. The molecule has 0 saturated carbocycles. The van der Waals surface area contributed by atoms with Gasteiger partial charge in [-0.2, -0.15) is 0 Å². The van der Waals surface area contributed by atoms with Crippen molar-refractivity contribution >= 4 is 29.7 Å². The number of Topliss-reactive ketones (excluding diaryl/α,β-unsaturated/α-hetero) is 1. The van der Waals surface area contributed by atoms with E-state index in [0.717, 1.165) is 19.3 Å². The van der Waals surface area contributed by atoms with Crippen molar-refractivity contribution in [3.05, 3.63) is 0 Å². The predicted molar refractivity (Wildman–Crippen MR) is 149 cm³/mol. The molecule has 0 bridgehead atoms. The molecule has 0 aromatic heterocycles. The van der Waals surface area contributed by atoms with Gasteiger partial charge in [0.15, 0.2) is 5.78 Å². The van der Waals surface area contributed by atoms with E-state index in [2.05, 4.69) is 0 Å². The Morgan fingerprint density at radius 3 is 2.00 bits per heavy atom. The van der Waals surface area contributed by atoms with E-state index in [9.17, 15) is 24.0 Å². The first-order valence-electron chi connectivity index (χ1n) is 14.5. The van der Waals surface area contributed by atoms with Gasteiger partial charge in [-0.25, -0.2) is 4.79 Å². The predicted octanol–water partition coefficient (Wildman–Crippen LogP) is 4.81. The topological polar surface area (TPSA) is 120 Å². The monoisotopic (exact) mass is 566 g/mol. The maximum Gasteiger partial charge on any atom is 0.410 e. The molecule has 2 rings (SSSR count). The maximum absolute atomic E-state index is 13.7. The van der Waals surface area contributed by atoms with Gasteiger partial charge in [-0.05, 0) is 101 Å². The average molecular weight is 567 g/mol. The highest BCUT2D eigenvalue weighted by Gasteiger charge is 2.43. The highest BCUT2D eigenvalue weighted by Crippen LogP contribution is 2.32. The van der Waals surface area contributed by atoms with E-state index in [1.54, 1.807) is 67.2 Å². The van der Waals surface area contributed by atoms with E-state index in [4.69, 9.17) is 14.2 Å². The molecule has 10 heteroatoms. The van der Waals surface area contributed by atoms with Crippen LogP contribution in [0.25, 0.3) is 0 Å². The van der Waals surface area contributed by atoms with Crippen molar-refractivity contribution in [1.82, 2.24) is 9.80 Å². The van der Waals surface area contributed by atoms with Crippen molar-refractivity contribution in [2.75, 3.05) is 13.1 Å². The molecule has 0 N–H and O–H groups in total. The molecule has 3 atom stereocenters. The first-order chi connectivity index (χ1) is 18.3. The zero-order valence-corrected chi connectivity index (χ0v) is 26.0. The van der Waals surface area contributed by atoms with E-state index in [-0.39, 0.29) is 43.5 Å². The third kappa shape index (κ3) is 11.1. The molecule has 40 heavy (non-hydrogen) atoms. The molecule has 2 aliphatic heterocycles. The van der Waals surface area contributed by atoms with Crippen molar-refractivity contribution in [1.29, 1.82) is 0 Å². The number of carbonyl (C=O) groups excluding carboxylic acids is 5. The summed E-state index contributed by atoms with van der Waals surface area (Å²) in [6, 6.07) is -0.788. The molecule has 0 radical (unpaired) electrons. The number of rotatable bonds is 7. The lowest BCUT2D eigenvalue weighted by molar-refractivity contribution is -0.162. The van der Waals surface area contributed by atoms with Crippen LogP contribution in [0.1, 0.15) is 114 Å². The summed E-state index contributed by atoms with van der Waals surface area (Å²) in [7, 11) is 0.